The molecule has 0 saturated heterocycles. The van der Waals surface area contributed by atoms with Gasteiger partial charge in [0.1, 0.15) is 6.04 Å². The summed E-state index contributed by atoms with van der Waals surface area (Å²) >= 11 is 0. The molecule has 0 bridgehead atoms. The summed E-state index contributed by atoms with van der Waals surface area (Å²) in [5.74, 6) is -3.45. The van der Waals surface area contributed by atoms with Gasteiger partial charge in [-0.05, 0) is 13.8 Å². The monoisotopic (exact) mass is 275 g/mol. The topological polar surface area (TPSA) is 159 Å². The summed E-state index contributed by atoms with van der Waals surface area (Å²) in [7, 11) is 0. The standard InChI is InChI=1S/C10H17N3O6/c1-10(2,8(11)18)4-12-9(19)13-5(7(16)17)3-6(14)15/h5H,3-4H2,1-2H3,(H2,11,18)(H,14,15)(H,16,17)(H2,12,13,19)/t5-/m1/s1. The van der Waals surface area contributed by atoms with Crippen molar-refractivity contribution in [1.82, 2.24) is 10.6 Å². The maximum Gasteiger partial charge on any atom is 0.326 e. The smallest absolute Gasteiger partial charge is 0.326 e. The number of carbonyl (C=O) groups is 4. The number of nitrogens with two attached hydrogens (primary N) is 1. The molecule has 0 unspecified atom stereocenters. The van der Waals surface area contributed by atoms with E-state index >= 15 is 0 Å². The third-order valence-corrected chi connectivity index (χ3v) is 2.34. The molecule has 0 aromatic heterocycles. The first-order chi connectivity index (χ1) is 8.56. The molecule has 9 nitrogen and oxygen atoms in total. The third kappa shape index (κ3) is 6.24. The van der Waals surface area contributed by atoms with Crippen LogP contribution in [0.3, 0.4) is 0 Å². The molecule has 0 saturated carbocycles. The van der Waals surface area contributed by atoms with E-state index in [1.165, 1.54) is 13.8 Å². The Kier molecular flexibility index (Phi) is 5.77. The van der Waals surface area contributed by atoms with Gasteiger partial charge in [-0.25, -0.2) is 9.59 Å². The summed E-state index contributed by atoms with van der Waals surface area (Å²) < 4.78 is 0. The van der Waals surface area contributed by atoms with Gasteiger partial charge in [0, 0.05) is 6.54 Å². The van der Waals surface area contributed by atoms with Crippen LogP contribution in [-0.4, -0.2) is 46.7 Å². The van der Waals surface area contributed by atoms with Crippen LogP contribution >= 0.6 is 0 Å². The number of carboxylic acids is 2. The van der Waals surface area contributed by atoms with Crippen molar-refractivity contribution < 1.29 is 29.4 Å². The fraction of sp³-hybridized carbons (Fsp3) is 0.600. The maximum atomic E-state index is 11.4. The van der Waals surface area contributed by atoms with Gasteiger partial charge < -0.3 is 26.6 Å². The van der Waals surface area contributed by atoms with Crippen LogP contribution in [0, 0.1) is 5.41 Å². The summed E-state index contributed by atoms with van der Waals surface area (Å²) in [5, 5.41) is 21.4. The second kappa shape index (κ2) is 6.57. The minimum absolute atomic E-state index is 0.104. The van der Waals surface area contributed by atoms with E-state index in [2.05, 4.69) is 5.32 Å². The molecule has 0 radical (unpaired) electrons. The summed E-state index contributed by atoms with van der Waals surface area (Å²) in [5.41, 5.74) is 4.09. The first-order valence-electron chi connectivity index (χ1n) is 5.35. The Balaban J connectivity index is 4.40. The fourth-order valence-electron chi connectivity index (χ4n) is 0.972. The molecule has 6 N–H and O–H groups in total. The number of nitrogens with one attached hydrogen (secondary N) is 2. The zero-order chi connectivity index (χ0) is 15.2. The SMILES string of the molecule is CC(C)(CNC(=O)N[C@H](CC(=O)O)C(=O)O)C(N)=O. The zero-order valence-electron chi connectivity index (χ0n) is 10.6. The van der Waals surface area contributed by atoms with Crippen molar-refractivity contribution in [2.75, 3.05) is 6.54 Å². The summed E-state index contributed by atoms with van der Waals surface area (Å²) in [4.78, 5) is 43.5. The second-order valence-corrected chi connectivity index (χ2v) is 4.56. The van der Waals surface area contributed by atoms with Gasteiger partial charge in [-0.15, -0.1) is 0 Å². The number of urea groups is 1. The molecular formula is C10H17N3O6. The highest BCUT2D eigenvalue weighted by Crippen LogP contribution is 2.11. The van der Waals surface area contributed by atoms with Crippen molar-refractivity contribution in [3.63, 3.8) is 0 Å². The van der Waals surface area contributed by atoms with E-state index in [4.69, 9.17) is 15.9 Å². The first kappa shape index (κ1) is 16.7. The summed E-state index contributed by atoms with van der Waals surface area (Å²) in [6.07, 6.45) is -0.748. The summed E-state index contributed by atoms with van der Waals surface area (Å²) in [6.45, 7) is 2.90. The molecule has 19 heavy (non-hydrogen) atoms. The van der Waals surface area contributed by atoms with Crippen LogP contribution in [0.5, 0.6) is 0 Å². The van der Waals surface area contributed by atoms with Crippen molar-refractivity contribution in [1.29, 1.82) is 0 Å². The fourth-order valence-corrected chi connectivity index (χ4v) is 0.972. The average Bonchev–Trinajstić information content (AvgIpc) is 2.24. The highest BCUT2D eigenvalue weighted by Gasteiger charge is 2.27. The van der Waals surface area contributed by atoms with Gasteiger partial charge in [-0.1, -0.05) is 0 Å². The van der Waals surface area contributed by atoms with Gasteiger partial charge in [0.05, 0.1) is 11.8 Å². The quantitative estimate of drug-likeness (QED) is 0.389. The van der Waals surface area contributed by atoms with E-state index in [0.717, 1.165) is 0 Å². The lowest BCUT2D eigenvalue weighted by molar-refractivity contribution is -0.145. The number of rotatable bonds is 7. The van der Waals surface area contributed by atoms with Crippen LogP contribution in [0.15, 0.2) is 0 Å². The number of primary amides is 1. The molecule has 0 rings (SSSR count). The number of hydrogen-bond donors (Lipinski definition) is 5. The number of aliphatic carboxylic acids is 2. The van der Waals surface area contributed by atoms with E-state index in [1.54, 1.807) is 0 Å². The normalized spacial score (nSPS) is 12.3. The van der Waals surface area contributed by atoms with Gasteiger partial charge in [-0.3, -0.25) is 9.59 Å². The van der Waals surface area contributed by atoms with E-state index in [9.17, 15) is 19.2 Å². The predicted molar refractivity (Wildman–Crippen MR) is 63.2 cm³/mol. The van der Waals surface area contributed by atoms with Gasteiger partial charge in [0.2, 0.25) is 5.91 Å². The maximum absolute atomic E-state index is 11.4. The summed E-state index contributed by atoms with van der Waals surface area (Å²) in [6, 6.07) is -2.43. The lowest BCUT2D eigenvalue weighted by atomic mass is 9.93. The Morgan fingerprint density at radius 3 is 2.11 bits per heavy atom. The minimum Gasteiger partial charge on any atom is -0.481 e. The molecule has 0 aromatic rings. The highest BCUT2D eigenvalue weighted by molar-refractivity contribution is 5.86. The Labute approximate surface area is 109 Å². The molecule has 0 aliphatic heterocycles. The minimum atomic E-state index is -1.55. The number of carboxylic acid groups (broad SMARTS) is 2. The average molecular weight is 275 g/mol. The van der Waals surface area contributed by atoms with Crippen molar-refractivity contribution in [2.24, 2.45) is 11.1 Å². The molecule has 0 heterocycles. The van der Waals surface area contributed by atoms with Crippen molar-refractivity contribution >= 4 is 23.9 Å². The molecule has 3 amide bonds. The molecule has 0 aromatic carbocycles. The highest BCUT2D eigenvalue weighted by atomic mass is 16.4. The van der Waals surface area contributed by atoms with E-state index in [0.29, 0.717) is 0 Å². The van der Waals surface area contributed by atoms with Gasteiger partial charge in [-0.2, -0.15) is 0 Å². The molecule has 0 aliphatic rings. The first-order valence-corrected chi connectivity index (χ1v) is 5.35. The Hall–Kier alpha value is -2.32. The lowest BCUT2D eigenvalue weighted by Crippen LogP contribution is -2.50. The predicted octanol–water partition coefficient (Wildman–Crippen LogP) is -1.27. The van der Waals surface area contributed by atoms with E-state index < -0.39 is 41.8 Å². The van der Waals surface area contributed by atoms with Crippen molar-refractivity contribution in [2.45, 2.75) is 26.3 Å². The molecule has 0 aliphatic carbocycles. The van der Waals surface area contributed by atoms with Gasteiger partial charge >= 0.3 is 18.0 Å². The van der Waals surface area contributed by atoms with Crippen LogP contribution < -0.4 is 16.4 Å². The van der Waals surface area contributed by atoms with Crippen LogP contribution in [0.1, 0.15) is 20.3 Å². The van der Waals surface area contributed by atoms with Crippen LogP contribution in [0.25, 0.3) is 0 Å². The van der Waals surface area contributed by atoms with Crippen LogP contribution in [0.4, 0.5) is 4.79 Å². The molecule has 1 atom stereocenters. The Morgan fingerprint density at radius 1 is 1.21 bits per heavy atom. The zero-order valence-corrected chi connectivity index (χ0v) is 10.6. The van der Waals surface area contributed by atoms with Crippen molar-refractivity contribution in [3.05, 3.63) is 0 Å². The third-order valence-electron chi connectivity index (χ3n) is 2.34. The number of hydrogen-bond acceptors (Lipinski definition) is 4. The van der Waals surface area contributed by atoms with Crippen LogP contribution in [0.2, 0.25) is 0 Å². The Morgan fingerprint density at radius 2 is 1.74 bits per heavy atom. The Bertz CT molecular complexity index is 393. The number of amides is 3. The molecular weight excluding hydrogens is 258 g/mol. The largest absolute Gasteiger partial charge is 0.481 e. The number of carbonyl (C=O) groups excluding carboxylic acids is 2. The second-order valence-electron chi connectivity index (χ2n) is 4.56. The van der Waals surface area contributed by atoms with Crippen LogP contribution in [-0.2, 0) is 14.4 Å². The van der Waals surface area contributed by atoms with Crippen molar-refractivity contribution in [3.8, 4) is 0 Å². The van der Waals surface area contributed by atoms with Gasteiger partial charge in [0.15, 0.2) is 0 Å². The van der Waals surface area contributed by atoms with E-state index in [1.807, 2.05) is 5.32 Å². The van der Waals surface area contributed by atoms with E-state index in [-0.39, 0.29) is 6.54 Å². The lowest BCUT2D eigenvalue weighted by Gasteiger charge is -2.21. The van der Waals surface area contributed by atoms with Gasteiger partial charge in [0.25, 0.3) is 0 Å². The molecule has 0 spiro atoms. The molecule has 0 fully saturated rings. The molecule has 108 valence electrons. The molecule has 9 heteroatoms.